The van der Waals surface area contributed by atoms with Crippen LogP contribution in [-0.2, 0) is 13.1 Å². The van der Waals surface area contributed by atoms with Crippen molar-refractivity contribution in [2.45, 2.75) is 20.0 Å². The predicted molar refractivity (Wildman–Crippen MR) is 75.8 cm³/mol. The Morgan fingerprint density at radius 3 is 2.67 bits per heavy atom. The molecule has 18 heavy (non-hydrogen) atoms. The van der Waals surface area contributed by atoms with Crippen molar-refractivity contribution in [2.24, 2.45) is 0 Å². The number of nitrogens with one attached hydrogen (secondary N) is 1. The fourth-order valence-corrected chi connectivity index (χ4v) is 2.76. The Morgan fingerprint density at radius 2 is 2.06 bits per heavy atom. The van der Waals surface area contributed by atoms with Crippen molar-refractivity contribution in [3.63, 3.8) is 0 Å². The van der Waals surface area contributed by atoms with Gasteiger partial charge in [-0.25, -0.2) is 0 Å². The second kappa shape index (κ2) is 6.01. The fraction of sp³-hybridized carbons (Fsp3) is 0.214. The molecule has 2 nitrogen and oxygen atoms in total. The molecule has 0 unspecified atom stereocenters. The van der Waals surface area contributed by atoms with Crippen LogP contribution in [0.15, 0.2) is 29.0 Å². The standard InChI is InChI=1S/C14H13ClN2S/c1-10-8-18-9-13(10)7-17-6-12-3-2-11(5-16)4-14(12)15/h2-4,8-9,17H,6-7H2,1H3. The zero-order valence-electron chi connectivity index (χ0n) is 10.0. The Balaban J connectivity index is 1.95. The van der Waals surface area contributed by atoms with Crippen molar-refractivity contribution in [2.75, 3.05) is 0 Å². The van der Waals surface area contributed by atoms with E-state index in [1.54, 1.807) is 23.5 Å². The van der Waals surface area contributed by atoms with Gasteiger partial charge in [-0.1, -0.05) is 17.7 Å². The van der Waals surface area contributed by atoms with Crippen LogP contribution in [0.5, 0.6) is 0 Å². The van der Waals surface area contributed by atoms with Crippen molar-refractivity contribution < 1.29 is 0 Å². The average molecular weight is 277 g/mol. The highest BCUT2D eigenvalue weighted by Gasteiger charge is 2.03. The largest absolute Gasteiger partial charge is 0.309 e. The highest BCUT2D eigenvalue weighted by molar-refractivity contribution is 7.08. The van der Waals surface area contributed by atoms with Gasteiger partial charge >= 0.3 is 0 Å². The van der Waals surface area contributed by atoms with E-state index in [9.17, 15) is 0 Å². The van der Waals surface area contributed by atoms with Gasteiger partial charge in [0.05, 0.1) is 11.6 Å². The molecule has 4 heteroatoms. The molecule has 2 aromatic rings. The summed E-state index contributed by atoms with van der Waals surface area (Å²) in [7, 11) is 0. The molecule has 92 valence electrons. The van der Waals surface area contributed by atoms with Crippen molar-refractivity contribution in [1.82, 2.24) is 5.32 Å². The first-order valence-corrected chi connectivity index (χ1v) is 6.93. The van der Waals surface area contributed by atoms with Gasteiger partial charge in [-0.15, -0.1) is 0 Å². The minimum atomic E-state index is 0.595. The monoisotopic (exact) mass is 276 g/mol. The maximum Gasteiger partial charge on any atom is 0.0992 e. The zero-order valence-corrected chi connectivity index (χ0v) is 11.6. The second-order valence-electron chi connectivity index (χ2n) is 4.10. The van der Waals surface area contributed by atoms with E-state index in [-0.39, 0.29) is 0 Å². The highest BCUT2D eigenvalue weighted by atomic mass is 35.5. The van der Waals surface area contributed by atoms with Gasteiger partial charge in [0.15, 0.2) is 0 Å². The van der Waals surface area contributed by atoms with Crippen LogP contribution in [0.2, 0.25) is 5.02 Å². The lowest BCUT2D eigenvalue weighted by atomic mass is 10.1. The number of halogens is 1. The highest BCUT2D eigenvalue weighted by Crippen LogP contribution is 2.18. The Bertz CT molecular complexity index is 584. The van der Waals surface area contributed by atoms with Crippen LogP contribution < -0.4 is 5.32 Å². The summed E-state index contributed by atoms with van der Waals surface area (Å²) in [5, 5.41) is 17.1. The molecule has 0 aliphatic heterocycles. The van der Waals surface area contributed by atoms with E-state index in [4.69, 9.17) is 16.9 Å². The van der Waals surface area contributed by atoms with Gasteiger partial charge in [0.25, 0.3) is 0 Å². The van der Waals surface area contributed by atoms with Crippen molar-refractivity contribution in [1.29, 1.82) is 5.26 Å². The third-order valence-electron chi connectivity index (χ3n) is 2.77. The smallest absolute Gasteiger partial charge is 0.0992 e. The molecule has 0 saturated heterocycles. The predicted octanol–water partition coefficient (Wildman–Crippen LogP) is 3.87. The second-order valence-corrected chi connectivity index (χ2v) is 5.25. The molecule has 2 rings (SSSR count). The number of thiophene rings is 1. The molecular weight excluding hydrogens is 264 g/mol. The first-order chi connectivity index (χ1) is 8.70. The zero-order chi connectivity index (χ0) is 13.0. The summed E-state index contributed by atoms with van der Waals surface area (Å²) in [6, 6.07) is 7.47. The van der Waals surface area contributed by atoms with Crippen LogP contribution in [0, 0.1) is 18.3 Å². The molecule has 0 saturated carbocycles. The third-order valence-corrected chi connectivity index (χ3v) is 4.04. The summed E-state index contributed by atoms with van der Waals surface area (Å²) in [6.07, 6.45) is 0. The van der Waals surface area contributed by atoms with Gasteiger partial charge in [-0.2, -0.15) is 16.6 Å². The molecule has 1 aromatic carbocycles. The Hall–Kier alpha value is -1.34. The number of hydrogen-bond donors (Lipinski definition) is 1. The number of nitriles is 1. The van der Waals surface area contributed by atoms with Gasteiger partial charge in [0.2, 0.25) is 0 Å². The Kier molecular flexibility index (Phi) is 4.38. The minimum Gasteiger partial charge on any atom is -0.309 e. The molecule has 0 atom stereocenters. The minimum absolute atomic E-state index is 0.595. The van der Waals surface area contributed by atoms with E-state index >= 15 is 0 Å². The maximum atomic E-state index is 8.76. The van der Waals surface area contributed by atoms with Gasteiger partial charge in [0, 0.05) is 18.1 Å². The van der Waals surface area contributed by atoms with Gasteiger partial charge in [0.1, 0.15) is 0 Å². The summed E-state index contributed by atoms with van der Waals surface area (Å²) in [6.45, 7) is 3.66. The molecule has 0 aliphatic rings. The van der Waals surface area contributed by atoms with Crippen LogP contribution in [0.3, 0.4) is 0 Å². The van der Waals surface area contributed by atoms with E-state index in [1.165, 1.54) is 11.1 Å². The van der Waals surface area contributed by atoms with Gasteiger partial charge < -0.3 is 5.32 Å². The summed E-state index contributed by atoms with van der Waals surface area (Å²) >= 11 is 7.83. The molecule has 0 bridgehead atoms. The maximum absolute atomic E-state index is 8.76. The van der Waals surface area contributed by atoms with Crippen LogP contribution in [0.4, 0.5) is 0 Å². The third kappa shape index (κ3) is 3.11. The van der Waals surface area contributed by atoms with Crippen molar-refractivity contribution in [3.8, 4) is 6.07 Å². The lowest BCUT2D eigenvalue weighted by Crippen LogP contribution is -2.13. The van der Waals surface area contributed by atoms with E-state index in [0.717, 1.165) is 12.1 Å². The summed E-state index contributed by atoms with van der Waals surface area (Å²) in [5.41, 5.74) is 4.25. The number of nitrogens with zero attached hydrogens (tertiary/aromatic N) is 1. The molecule has 1 N–H and O–H groups in total. The molecule has 1 heterocycles. The lowest BCUT2D eigenvalue weighted by Gasteiger charge is -2.07. The topological polar surface area (TPSA) is 35.8 Å². The van der Waals surface area contributed by atoms with Crippen LogP contribution in [0.25, 0.3) is 0 Å². The number of rotatable bonds is 4. The Morgan fingerprint density at radius 1 is 1.28 bits per heavy atom. The molecule has 0 aliphatic carbocycles. The lowest BCUT2D eigenvalue weighted by molar-refractivity contribution is 0.692. The fourth-order valence-electron chi connectivity index (χ4n) is 1.66. The number of benzene rings is 1. The molecule has 1 aromatic heterocycles. The molecular formula is C14H13ClN2S. The summed E-state index contributed by atoms with van der Waals surface area (Å²) < 4.78 is 0. The quantitative estimate of drug-likeness (QED) is 0.920. The van der Waals surface area contributed by atoms with E-state index in [1.807, 2.05) is 6.07 Å². The first-order valence-electron chi connectivity index (χ1n) is 5.61. The molecule has 0 fully saturated rings. The normalized spacial score (nSPS) is 10.3. The van der Waals surface area contributed by atoms with Crippen LogP contribution in [0.1, 0.15) is 22.3 Å². The van der Waals surface area contributed by atoms with Gasteiger partial charge in [-0.05, 0) is 46.5 Å². The molecule has 0 spiro atoms. The van der Waals surface area contributed by atoms with E-state index in [2.05, 4.69) is 29.1 Å². The molecule has 0 amide bonds. The summed E-state index contributed by atoms with van der Waals surface area (Å²) in [5.74, 6) is 0. The first kappa shape index (κ1) is 13.1. The summed E-state index contributed by atoms with van der Waals surface area (Å²) in [4.78, 5) is 0. The van der Waals surface area contributed by atoms with E-state index < -0.39 is 0 Å². The van der Waals surface area contributed by atoms with Crippen LogP contribution >= 0.6 is 22.9 Å². The molecule has 0 radical (unpaired) electrons. The van der Waals surface area contributed by atoms with Crippen molar-refractivity contribution >= 4 is 22.9 Å². The van der Waals surface area contributed by atoms with Gasteiger partial charge in [-0.3, -0.25) is 0 Å². The number of aryl methyl sites for hydroxylation is 1. The SMILES string of the molecule is Cc1cscc1CNCc1ccc(C#N)cc1Cl. The Labute approximate surface area is 116 Å². The average Bonchev–Trinajstić information content (AvgIpc) is 2.77. The van der Waals surface area contributed by atoms with Crippen molar-refractivity contribution in [3.05, 3.63) is 56.2 Å². The van der Waals surface area contributed by atoms with Crippen LogP contribution in [-0.4, -0.2) is 0 Å². The number of hydrogen-bond acceptors (Lipinski definition) is 3. The van der Waals surface area contributed by atoms with E-state index in [0.29, 0.717) is 17.1 Å².